The summed E-state index contributed by atoms with van der Waals surface area (Å²) in [6, 6.07) is 8.10. The molecule has 0 spiro atoms. The Morgan fingerprint density at radius 2 is 2.00 bits per heavy atom. The summed E-state index contributed by atoms with van der Waals surface area (Å²) in [4.78, 5) is 11.8. The van der Waals surface area contributed by atoms with Gasteiger partial charge in [-0.05, 0) is 34.1 Å². The summed E-state index contributed by atoms with van der Waals surface area (Å²) in [6.45, 7) is 0. The van der Waals surface area contributed by atoms with Crippen LogP contribution in [0.4, 0.5) is 5.69 Å². The highest BCUT2D eigenvalue weighted by atomic mass is 79.9. The van der Waals surface area contributed by atoms with Gasteiger partial charge >= 0.3 is 0 Å². The van der Waals surface area contributed by atoms with Crippen LogP contribution >= 0.6 is 15.9 Å². The van der Waals surface area contributed by atoms with Gasteiger partial charge in [0.15, 0.2) is 0 Å². The molecule has 2 rings (SSSR count). The van der Waals surface area contributed by atoms with E-state index in [2.05, 4.69) is 15.9 Å². The molecule has 16 heavy (non-hydrogen) atoms. The molecule has 0 saturated carbocycles. The molecular weight excluding hydrogens is 272 g/mol. The molecule has 2 aromatic rings. The van der Waals surface area contributed by atoms with E-state index in [1.165, 1.54) is 16.7 Å². The monoisotopic (exact) mass is 280 g/mol. The van der Waals surface area contributed by atoms with Crippen LogP contribution in [0.3, 0.4) is 0 Å². The number of rotatable bonds is 1. The molecule has 5 heteroatoms. The molecule has 0 unspecified atom stereocenters. The van der Waals surface area contributed by atoms with Crippen LogP contribution < -0.4 is 11.3 Å². The van der Waals surface area contributed by atoms with Crippen LogP contribution in [0.25, 0.3) is 5.69 Å². The number of aromatic hydroxyl groups is 1. The van der Waals surface area contributed by atoms with E-state index < -0.39 is 0 Å². The predicted molar refractivity (Wildman–Crippen MR) is 65.8 cm³/mol. The number of nitrogen functional groups attached to an aromatic ring is 1. The van der Waals surface area contributed by atoms with E-state index in [9.17, 15) is 9.90 Å². The molecule has 0 aliphatic heterocycles. The molecule has 0 bridgehead atoms. The van der Waals surface area contributed by atoms with E-state index in [0.717, 1.165) is 0 Å². The number of hydrogen-bond acceptors (Lipinski definition) is 3. The van der Waals surface area contributed by atoms with E-state index in [4.69, 9.17) is 5.73 Å². The minimum absolute atomic E-state index is 0.0297. The molecule has 0 saturated heterocycles. The van der Waals surface area contributed by atoms with Crippen molar-refractivity contribution in [3.63, 3.8) is 0 Å². The maximum Gasteiger partial charge on any atom is 0.278 e. The maximum absolute atomic E-state index is 11.8. The number of hydrogen-bond donors (Lipinski definition) is 2. The summed E-state index contributed by atoms with van der Waals surface area (Å²) in [5.41, 5.74) is 5.73. The first-order chi connectivity index (χ1) is 7.59. The Morgan fingerprint density at radius 1 is 1.31 bits per heavy atom. The number of halogens is 1. The molecule has 0 amide bonds. The normalized spacial score (nSPS) is 10.3. The van der Waals surface area contributed by atoms with Crippen molar-refractivity contribution in [1.29, 1.82) is 0 Å². The number of para-hydroxylation sites is 2. The molecule has 0 radical (unpaired) electrons. The Morgan fingerprint density at radius 3 is 2.69 bits per heavy atom. The summed E-state index contributed by atoms with van der Waals surface area (Å²) in [7, 11) is 0. The van der Waals surface area contributed by atoms with Gasteiger partial charge < -0.3 is 10.8 Å². The summed E-state index contributed by atoms with van der Waals surface area (Å²) >= 11 is 3.25. The van der Waals surface area contributed by atoms with Gasteiger partial charge in [0, 0.05) is 10.7 Å². The van der Waals surface area contributed by atoms with Crippen molar-refractivity contribution in [2.75, 3.05) is 5.73 Å². The largest absolute Gasteiger partial charge is 0.506 e. The van der Waals surface area contributed by atoms with Crippen molar-refractivity contribution in [1.82, 2.24) is 4.57 Å². The molecular formula is C11H9BrN2O2. The number of anilines is 1. The second-order valence-corrected chi connectivity index (χ2v) is 4.19. The lowest BCUT2D eigenvalue weighted by Crippen LogP contribution is -2.20. The number of benzene rings is 1. The molecule has 0 aliphatic rings. The number of aromatic nitrogens is 1. The van der Waals surface area contributed by atoms with E-state index in [1.54, 1.807) is 24.4 Å². The van der Waals surface area contributed by atoms with Crippen molar-refractivity contribution in [3.05, 3.63) is 51.4 Å². The van der Waals surface area contributed by atoms with Gasteiger partial charge in [-0.25, -0.2) is 0 Å². The summed E-state index contributed by atoms with van der Waals surface area (Å²) in [6.07, 6.45) is 1.56. The van der Waals surface area contributed by atoms with Gasteiger partial charge in [0.25, 0.3) is 5.56 Å². The Balaban J connectivity index is 2.75. The maximum atomic E-state index is 11.8. The topological polar surface area (TPSA) is 68.2 Å². The van der Waals surface area contributed by atoms with Crippen LogP contribution in [0.1, 0.15) is 0 Å². The minimum Gasteiger partial charge on any atom is -0.506 e. The number of nitrogens with two attached hydrogens (primary N) is 1. The summed E-state index contributed by atoms with van der Waals surface area (Å²) < 4.78 is 1.97. The Bertz CT molecular complexity index is 593. The molecule has 0 atom stereocenters. The van der Waals surface area contributed by atoms with Crippen molar-refractivity contribution in [3.8, 4) is 11.4 Å². The SMILES string of the molecule is Nc1cc(Br)cn(-c2ccccc2O)c1=O. The fraction of sp³-hybridized carbons (Fsp3) is 0. The zero-order valence-corrected chi connectivity index (χ0v) is 9.81. The van der Waals surface area contributed by atoms with Crippen LogP contribution in [-0.2, 0) is 0 Å². The van der Waals surface area contributed by atoms with Crippen LogP contribution in [0.5, 0.6) is 5.75 Å². The molecule has 3 N–H and O–H groups in total. The van der Waals surface area contributed by atoms with Gasteiger partial charge in [0.05, 0.1) is 11.4 Å². The molecule has 1 heterocycles. The summed E-state index contributed by atoms with van der Waals surface area (Å²) in [5.74, 6) is 0.0297. The fourth-order valence-electron chi connectivity index (χ4n) is 1.42. The third-order valence-corrected chi connectivity index (χ3v) is 2.59. The lowest BCUT2D eigenvalue weighted by atomic mass is 10.3. The average Bonchev–Trinajstić information content (AvgIpc) is 2.24. The quantitative estimate of drug-likeness (QED) is 0.838. The average molecular weight is 281 g/mol. The highest BCUT2D eigenvalue weighted by molar-refractivity contribution is 9.10. The third kappa shape index (κ3) is 1.81. The third-order valence-electron chi connectivity index (χ3n) is 2.15. The first-order valence-electron chi connectivity index (χ1n) is 4.55. The second kappa shape index (κ2) is 4.02. The smallest absolute Gasteiger partial charge is 0.278 e. The van der Waals surface area contributed by atoms with E-state index >= 15 is 0 Å². The zero-order valence-electron chi connectivity index (χ0n) is 8.22. The Labute approximate surface area is 100 Å². The summed E-state index contributed by atoms with van der Waals surface area (Å²) in [5, 5.41) is 9.65. The molecule has 1 aromatic carbocycles. The predicted octanol–water partition coefficient (Wildman–Crippen LogP) is 1.89. The van der Waals surface area contributed by atoms with Gasteiger partial charge in [0.2, 0.25) is 0 Å². The fourth-order valence-corrected chi connectivity index (χ4v) is 1.87. The molecule has 0 aliphatic carbocycles. The number of phenols is 1. The highest BCUT2D eigenvalue weighted by Crippen LogP contribution is 2.21. The van der Waals surface area contributed by atoms with Gasteiger partial charge in [-0.1, -0.05) is 12.1 Å². The molecule has 4 nitrogen and oxygen atoms in total. The van der Waals surface area contributed by atoms with Crippen molar-refractivity contribution >= 4 is 21.6 Å². The Kier molecular flexibility index (Phi) is 2.70. The minimum atomic E-state index is -0.357. The second-order valence-electron chi connectivity index (χ2n) is 3.28. The van der Waals surface area contributed by atoms with Crippen molar-refractivity contribution < 1.29 is 5.11 Å². The van der Waals surface area contributed by atoms with Crippen molar-refractivity contribution in [2.45, 2.75) is 0 Å². The van der Waals surface area contributed by atoms with Crippen LogP contribution in [-0.4, -0.2) is 9.67 Å². The number of nitrogens with zero attached hydrogens (tertiary/aromatic N) is 1. The number of phenolic OH excluding ortho intramolecular Hbond substituents is 1. The number of pyridine rings is 1. The standard InChI is InChI=1S/C11H9BrN2O2/c12-7-5-8(13)11(16)14(6-7)9-3-1-2-4-10(9)15/h1-6,15H,13H2. The van der Waals surface area contributed by atoms with E-state index in [0.29, 0.717) is 10.2 Å². The zero-order chi connectivity index (χ0) is 11.7. The lowest BCUT2D eigenvalue weighted by molar-refractivity contribution is 0.472. The van der Waals surface area contributed by atoms with E-state index in [1.807, 2.05) is 0 Å². The van der Waals surface area contributed by atoms with Gasteiger partial charge in [0.1, 0.15) is 5.75 Å². The van der Waals surface area contributed by atoms with Crippen LogP contribution in [0.15, 0.2) is 45.8 Å². The van der Waals surface area contributed by atoms with Crippen LogP contribution in [0.2, 0.25) is 0 Å². The Hall–Kier alpha value is -1.75. The first-order valence-corrected chi connectivity index (χ1v) is 5.35. The molecule has 0 fully saturated rings. The lowest BCUT2D eigenvalue weighted by Gasteiger charge is -2.08. The van der Waals surface area contributed by atoms with Crippen LogP contribution in [0, 0.1) is 0 Å². The molecule has 82 valence electrons. The van der Waals surface area contributed by atoms with Gasteiger partial charge in [-0.2, -0.15) is 0 Å². The van der Waals surface area contributed by atoms with Crippen molar-refractivity contribution in [2.24, 2.45) is 0 Å². The highest BCUT2D eigenvalue weighted by Gasteiger charge is 2.07. The molecule has 1 aromatic heterocycles. The van der Waals surface area contributed by atoms with Gasteiger partial charge in [-0.3, -0.25) is 9.36 Å². The van der Waals surface area contributed by atoms with E-state index in [-0.39, 0.29) is 17.0 Å². The first kappa shape index (κ1) is 10.8. The van der Waals surface area contributed by atoms with Gasteiger partial charge in [-0.15, -0.1) is 0 Å².